The molecule has 3 rings (SSSR count). The van der Waals surface area contributed by atoms with Gasteiger partial charge in [0.25, 0.3) is 0 Å². The first-order chi connectivity index (χ1) is 15.2. The topological polar surface area (TPSA) is 92.3 Å². The maximum Gasteiger partial charge on any atom is 0.206 e. The van der Waals surface area contributed by atoms with Gasteiger partial charge < -0.3 is 47.4 Å². The lowest BCUT2D eigenvalue weighted by Crippen LogP contribution is -2.41. The average Bonchev–Trinajstić information content (AvgIpc) is 3.25. The summed E-state index contributed by atoms with van der Waals surface area (Å²) in [6.45, 7) is 12.6. The van der Waals surface area contributed by atoms with Crippen LogP contribution in [0.15, 0.2) is 11.8 Å². The van der Waals surface area contributed by atoms with Crippen LogP contribution in [-0.4, -0.2) is 95.8 Å². The van der Waals surface area contributed by atoms with E-state index in [1.807, 2.05) is 34.6 Å². The summed E-state index contributed by atoms with van der Waals surface area (Å²) in [5.41, 5.74) is 0.766. The van der Waals surface area contributed by atoms with E-state index in [0.29, 0.717) is 46.2 Å². The Morgan fingerprint density at radius 1 is 0.969 bits per heavy atom. The van der Waals surface area contributed by atoms with Crippen molar-refractivity contribution in [3.05, 3.63) is 11.8 Å². The summed E-state index contributed by atoms with van der Waals surface area (Å²) < 4.78 is 57.4. The van der Waals surface area contributed by atoms with Crippen molar-refractivity contribution in [2.75, 3.05) is 53.4 Å². The second-order valence-electron chi connectivity index (χ2n) is 8.77. The standard InChI is InChI=1S/C22H38O10/c1-15(26-12-11-25-10-9-24-8-7-23-6)29-18-16-13-27-22(4,5)32-20(16)30-19(18)17-14-28-21(2,3)31-17/h13,15,17-20H,7-12,14H2,1-6H3/t15?,17?,18-,19-,20-/m1/s1. The van der Waals surface area contributed by atoms with E-state index in [1.165, 1.54) is 0 Å². The molecule has 32 heavy (non-hydrogen) atoms. The van der Waals surface area contributed by atoms with Crippen LogP contribution in [0.4, 0.5) is 0 Å². The summed E-state index contributed by atoms with van der Waals surface area (Å²) in [4.78, 5) is 0. The molecule has 0 spiro atoms. The van der Waals surface area contributed by atoms with Gasteiger partial charge >= 0.3 is 0 Å². The molecular weight excluding hydrogens is 424 g/mol. The van der Waals surface area contributed by atoms with Gasteiger partial charge in [-0.05, 0) is 20.8 Å². The molecule has 0 aromatic rings. The number of methoxy groups -OCH3 is 1. The van der Waals surface area contributed by atoms with Gasteiger partial charge in [-0.15, -0.1) is 0 Å². The lowest BCUT2D eigenvalue weighted by molar-refractivity contribution is -0.281. The molecule has 2 saturated heterocycles. The van der Waals surface area contributed by atoms with Crippen molar-refractivity contribution in [2.45, 2.75) is 77.1 Å². The Balaban J connectivity index is 1.47. The van der Waals surface area contributed by atoms with E-state index >= 15 is 0 Å². The maximum atomic E-state index is 6.21. The molecule has 10 nitrogen and oxygen atoms in total. The van der Waals surface area contributed by atoms with Crippen molar-refractivity contribution in [3.8, 4) is 0 Å². The Bertz CT molecular complexity index is 608. The van der Waals surface area contributed by atoms with Gasteiger partial charge in [0.05, 0.1) is 58.1 Å². The normalized spacial score (nSPS) is 31.8. The number of rotatable bonds is 13. The van der Waals surface area contributed by atoms with Crippen LogP contribution in [0.3, 0.4) is 0 Å². The lowest BCUT2D eigenvalue weighted by Gasteiger charge is -2.33. The average molecular weight is 463 g/mol. The van der Waals surface area contributed by atoms with Crippen LogP contribution < -0.4 is 0 Å². The minimum Gasteiger partial charge on any atom is -0.470 e. The number of ether oxygens (including phenoxy) is 10. The van der Waals surface area contributed by atoms with Crippen molar-refractivity contribution in [3.63, 3.8) is 0 Å². The van der Waals surface area contributed by atoms with Crippen LogP contribution in [0.1, 0.15) is 34.6 Å². The predicted octanol–water partition coefficient (Wildman–Crippen LogP) is 1.96. The first-order valence-corrected chi connectivity index (χ1v) is 11.1. The number of fused-ring (bicyclic) bond motifs is 1. The van der Waals surface area contributed by atoms with Crippen molar-refractivity contribution < 1.29 is 47.4 Å². The monoisotopic (exact) mass is 462 g/mol. The molecule has 2 unspecified atom stereocenters. The molecule has 0 amide bonds. The Morgan fingerprint density at radius 2 is 1.66 bits per heavy atom. The highest BCUT2D eigenvalue weighted by Gasteiger charge is 2.53. The summed E-state index contributed by atoms with van der Waals surface area (Å²) in [6, 6.07) is 0. The molecule has 0 saturated carbocycles. The first kappa shape index (κ1) is 25.8. The largest absolute Gasteiger partial charge is 0.470 e. The van der Waals surface area contributed by atoms with Gasteiger partial charge in [0.15, 0.2) is 18.4 Å². The molecule has 3 heterocycles. The van der Waals surface area contributed by atoms with Crippen molar-refractivity contribution >= 4 is 0 Å². The number of hydrogen-bond donors (Lipinski definition) is 0. The Kier molecular flexibility index (Phi) is 9.31. The molecule has 186 valence electrons. The van der Waals surface area contributed by atoms with Crippen LogP contribution in [0.2, 0.25) is 0 Å². The van der Waals surface area contributed by atoms with Gasteiger partial charge in [-0.1, -0.05) is 0 Å². The Hall–Kier alpha value is -0.820. The molecule has 5 atom stereocenters. The molecule has 3 aliphatic rings. The van der Waals surface area contributed by atoms with E-state index in [1.54, 1.807) is 13.4 Å². The van der Waals surface area contributed by atoms with Crippen molar-refractivity contribution in [1.82, 2.24) is 0 Å². The van der Waals surface area contributed by atoms with Gasteiger partial charge in [0, 0.05) is 21.0 Å². The third-order valence-electron chi connectivity index (χ3n) is 5.17. The smallest absolute Gasteiger partial charge is 0.206 e. The predicted molar refractivity (Wildman–Crippen MR) is 112 cm³/mol. The highest BCUT2D eigenvalue weighted by molar-refractivity contribution is 5.20. The van der Waals surface area contributed by atoms with E-state index in [2.05, 4.69) is 0 Å². The summed E-state index contributed by atoms with van der Waals surface area (Å²) in [7, 11) is 1.64. The third-order valence-corrected chi connectivity index (χ3v) is 5.17. The van der Waals surface area contributed by atoms with E-state index in [9.17, 15) is 0 Å². The fourth-order valence-electron chi connectivity index (χ4n) is 3.63. The van der Waals surface area contributed by atoms with Crippen LogP contribution in [-0.2, 0) is 47.4 Å². The van der Waals surface area contributed by atoms with Gasteiger partial charge in [-0.25, -0.2) is 0 Å². The molecule has 3 aliphatic heterocycles. The fourth-order valence-corrected chi connectivity index (χ4v) is 3.63. The molecule has 0 aromatic carbocycles. The molecule has 0 aromatic heterocycles. The fraction of sp³-hybridized carbons (Fsp3) is 0.909. The molecule has 2 fully saturated rings. The van der Waals surface area contributed by atoms with Crippen molar-refractivity contribution in [1.29, 1.82) is 0 Å². The SMILES string of the molecule is COCCOCCOCCOC(C)O[C@@H]1C2=COC(C)(C)O[C@H]2O[C@@H]1C1COC(C)(C)O1. The van der Waals surface area contributed by atoms with Crippen molar-refractivity contribution in [2.24, 2.45) is 0 Å². The highest BCUT2D eigenvalue weighted by atomic mass is 16.8. The van der Waals surface area contributed by atoms with E-state index in [-0.39, 0.29) is 6.10 Å². The van der Waals surface area contributed by atoms with Crippen LogP contribution in [0, 0.1) is 0 Å². The third kappa shape index (κ3) is 7.34. The molecule has 0 bridgehead atoms. The molecular formula is C22H38O10. The zero-order valence-electron chi connectivity index (χ0n) is 20.0. The van der Waals surface area contributed by atoms with E-state index in [4.69, 9.17) is 47.4 Å². The molecule has 10 heteroatoms. The van der Waals surface area contributed by atoms with Crippen LogP contribution in [0.5, 0.6) is 0 Å². The zero-order valence-corrected chi connectivity index (χ0v) is 20.0. The van der Waals surface area contributed by atoms with Gasteiger partial charge in [-0.3, -0.25) is 0 Å². The summed E-state index contributed by atoms with van der Waals surface area (Å²) in [5.74, 6) is -1.46. The Morgan fingerprint density at radius 3 is 2.31 bits per heavy atom. The molecule has 0 N–H and O–H groups in total. The summed E-state index contributed by atoms with van der Waals surface area (Å²) in [6.07, 6.45) is -0.589. The minimum absolute atomic E-state index is 0.304. The second kappa shape index (κ2) is 11.5. The van der Waals surface area contributed by atoms with Gasteiger partial charge in [0.2, 0.25) is 5.79 Å². The quantitative estimate of drug-likeness (QED) is 0.299. The summed E-state index contributed by atoms with van der Waals surface area (Å²) >= 11 is 0. The first-order valence-electron chi connectivity index (χ1n) is 11.1. The summed E-state index contributed by atoms with van der Waals surface area (Å²) in [5, 5.41) is 0. The highest BCUT2D eigenvalue weighted by Crippen LogP contribution is 2.41. The van der Waals surface area contributed by atoms with E-state index < -0.39 is 36.4 Å². The van der Waals surface area contributed by atoms with E-state index in [0.717, 1.165) is 5.57 Å². The van der Waals surface area contributed by atoms with Gasteiger partial charge in [0.1, 0.15) is 18.3 Å². The molecule has 0 aliphatic carbocycles. The maximum absolute atomic E-state index is 6.21. The van der Waals surface area contributed by atoms with Gasteiger partial charge in [-0.2, -0.15) is 0 Å². The van der Waals surface area contributed by atoms with Crippen LogP contribution >= 0.6 is 0 Å². The van der Waals surface area contributed by atoms with Crippen LogP contribution in [0.25, 0.3) is 0 Å². The lowest BCUT2D eigenvalue weighted by atomic mass is 10.0. The zero-order chi connectivity index (χ0) is 23.2. The minimum atomic E-state index is -0.785. The number of hydrogen-bond acceptors (Lipinski definition) is 10. The second-order valence-corrected chi connectivity index (χ2v) is 8.77. The molecule has 0 radical (unpaired) electrons. The Labute approximate surface area is 190 Å².